The first-order valence-corrected chi connectivity index (χ1v) is 10.1. The fourth-order valence-electron chi connectivity index (χ4n) is 4.68. The number of hydrogen-bond acceptors (Lipinski definition) is 5. The van der Waals surface area contributed by atoms with Gasteiger partial charge in [0.1, 0.15) is 0 Å². The van der Waals surface area contributed by atoms with Crippen LogP contribution in [0, 0.1) is 38.9 Å². The Morgan fingerprint density at radius 2 is 1.52 bits per heavy atom. The first-order valence-electron chi connectivity index (χ1n) is 10.1. The van der Waals surface area contributed by atoms with Gasteiger partial charge >= 0.3 is 0 Å². The van der Waals surface area contributed by atoms with Gasteiger partial charge in [0, 0.05) is 11.1 Å². The molecule has 0 radical (unpaired) electrons. The maximum absolute atomic E-state index is 10.2. The monoisotopic (exact) mass is 402 g/mol. The molecule has 2 aliphatic carbocycles. The molecule has 0 bridgehead atoms. The molecule has 0 saturated heterocycles. The number of nitriles is 2. The average molecular weight is 402 g/mol. The first-order chi connectivity index (χ1) is 15.1. The van der Waals surface area contributed by atoms with Crippen LogP contribution in [0.15, 0.2) is 60.7 Å². The Hall–Kier alpha value is -4.29. The summed E-state index contributed by atoms with van der Waals surface area (Å²) in [5.74, 6) is 0. The van der Waals surface area contributed by atoms with Gasteiger partial charge in [-0.25, -0.2) is 4.68 Å². The molecule has 2 N–H and O–H groups in total. The number of aromatic nitrogens is 2. The van der Waals surface area contributed by atoms with Crippen LogP contribution in [0.25, 0.3) is 16.8 Å². The van der Waals surface area contributed by atoms with E-state index in [0.717, 1.165) is 35.2 Å². The summed E-state index contributed by atoms with van der Waals surface area (Å²) in [6.07, 6.45) is 2.23. The van der Waals surface area contributed by atoms with E-state index < -0.39 is 5.41 Å². The third kappa shape index (κ3) is 2.52. The zero-order valence-electron chi connectivity index (χ0n) is 16.7. The normalized spacial score (nSPS) is 16.3. The summed E-state index contributed by atoms with van der Waals surface area (Å²) in [4.78, 5) is 0. The molecule has 0 fully saturated rings. The number of allylic oxidation sites excluding steroid dienone is 2. The average Bonchev–Trinajstić information content (AvgIpc) is 2.82. The number of benzene rings is 2. The van der Waals surface area contributed by atoms with E-state index in [-0.39, 0.29) is 11.2 Å². The standard InChI is InChI=1S/C25H18N6/c26-14-25(15-27)22(16-8-3-1-4-9-16)18-12-7-13-19-20(18)21(23(25)28)24(29)31(30-19)17-10-5-2-6-11-17/h1-6,8-11,28-29H,7,12-13H2. The maximum Gasteiger partial charge on any atom is 0.211 e. The zero-order chi connectivity index (χ0) is 21.6. The van der Waals surface area contributed by atoms with Gasteiger partial charge in [0.2, 0.25) is 5.41 Å². The summed E-state index contributed by atoms with van der Waals surface area (Å²) in [5, 5.41) is 43.1. The van der Waals surface area contributed by atoms with Crippen molar-refractivity contribution in [3.63, 3.8) is 0 Å². The molecule has 148 valence electrons. The number of rotatable bonds is 2. The molecule has 3 aromatic rings. The molecule has 6 nitrogen and oxygen atoms in total. The summed E-state index contributed by atoms with van der Waals surface area (Å²) < 4.78 is 1.51. The van der Waals surface area contributed by atoms with Crippen molar-refractivity contribution in [3.8, 4) is 17.8 Å². The van der Waals surface area contributed by atoms with Gasteiger partial charge in [0.25, 0.3) is 0 Å². The second-order valence-electron chi connectivity index (χ2n) is 7.71. The van der Waals surface area contributed by atoms with Gasteiger partial charge in [-0.3, -0.25) is 5.41 Å². The highest BCUT2D eigenvalue weighted by Gasteiger charge is 2.49. The molecule has 2 aromatic carbocycles. The Labute approximate surface area is 179 Å². The highest BCUT2D eigenvalue weighted by Crippen LogP contribution is 2.50. The molecule has 0 atom stereocenters. The molecular weight excluding hydrogens is 384 g/mol. The van der Waals surface area contributed by atoms with Crippen molar-refractivity contribution >= 4 is 16.9 Å². The molecule has 1 heterocycles. The molecular formula is C25H18N6. The second-order valence-corrected chi connectivity index (χ2v) is 7.71. The summed E-state index contributed by atoms with van der Waals surface area (Å²) in [5.41, 5.74) is 2.91. The molecule has 2 aliphatic rings. The van der Waals surface area contributed by atoms with Gasteiger partial charge in [-0.15, -0.1) is 0 Å². The predicted octanol–water partition coefficient (Wildman–Crippen LogP) is 4.01. The van der Waals surface area contributed by atoms with E-state index in [1.54, 1.807) is 0 Å². The Kier molecular flexibility index (Phi) is 4.16. The molecule has 1 aromatic heterocycles. The van der Waals surface area contributed by atoms with Crippen molar-refractivity contribution in [1.29, 1.82) is 21.3 Å². The fourth-order valence-corrected chi connectivity index (χ4v) is 4.68. The van der Waals surface area contributed by atoms with Gasteiger partial charge in [0.15, 0.2) is 5.49 Å². The molecule has 6 heteroatoms. The third-order valence-corrected chi connectivity index (χ3v) is 6.05. The number of para-hydroxylation sites is 1. The van der Waals surface area contributed by atoms with Crippen LogP contribution in [0.4, 0.5) is 0 Å². The quantitative estimate of drug-likeness (QED) is 0.675. The lowest BCUT2D eigenvalue weighted by molar-refractivity contribution is 0.683. The number of nitrogens with one attached hydrogen (secondary N) is 2. The molecule has 0 spiro atoms. The summed E-state index contributed by atoms with van der Waals surface area (Å²) in [6.45, 7) is 0. The Balaban J connectivity index is 1.93. The van der Waals surface area contributed by atoms with Crippen molar-refractivity contribution in [2.24, 2.45) is 5.41 Å². The molecule has 0 saturated carbocycles. The largest absolute Gasteiger partial charge is 0.301 e. The molecule has 5 rings (SSSR count). The van der Waals surface area contributed by atoms with Crippen molar-refractivity contribution in [3.05, 3.63) is 88.5 Å². The minimum absolute atomic E-state index is 0.0244. The van der Waals surface area contributed by atoms with Crippen molar-refractivity contribution < 1.29 is 0 Å². The topological polar surface area (TPSA) is 113 Å². The summed E-state index contributed by atoms with van der Waals surface area (Å²) in [7, 11) is 0. The van der Waals surface area contributed by atoms with Crippen LogP contribution in [0.1, 0.15) is 35.2 Å². The molecule has 31 heavy (non-hydrogen) atoms. The molecule has 0 unspecified atom stereocenters. The van der Waals surface area contributed by atoms with Crippen LogP contribution in [0.5, 0.6) is 0 Å². The fraction of sp³-hybridized carbons (Fsp3) is 0.160. The maximum atomic E-state index is 10.2. The number of aryl methyl sites for hydroxylation is 1. The van der Waals surface area contributed by atoms with Gasteiger partial charge in [-0.2, -0.15) is 15.6 Å². The Bertz CT molecular complexity index is 1380. The minimum Gasteiger partial charge on any atom is -0.301 e. The van der Waals surface area contributed by atoms with Gasteiger partial charge in [0.05, 0.1) is 34.8 Å². The van der Waals surface area contributed by atoms with Crippen LogP contribution in [-0.2, 0) is 6.42 Å². The summed E-state index contributed by atoms with van der Waals surface area (Å²) in [6, 6.07) is 23.0. The molecule has 0 amide bonds. The lowest BCUT2D eigenvalue weighted by Gasteiger charge is -2.36. The Morgan fingerprint density at radius 1 is 0.871 bits per heavy atom. The van der Waals surface area contributed by atoms with E-state index in [9.17, 15) is 10.5 Å². The van der Waals surface area contributed by atoms with E-state index in [1.165, 1.54) is 4.68 Å². The minimum atomic E-state index is -1.77. The first kappa shape index (κ1) is 18.7. The lowest BCUT2D eigenvalue weighted by Crippen LogP contribution is -2.42. The zero-order valence-corrected chi connectivity index (χ0v) is 16.7. The van der Waals surface area contributed by atoms with Gasteiger partial charge < -0.3 is 5.41 Å². The number of nitrogens with zero attached hydrogens (tertiary/aromatic N) is 4. The van der Waals surface area contributed by atoms with E-state index in [0.29, 0.717) is 23.2 Å². The van der Waals surface area contributed by atoms with Crippen LogP contribution in [-0.4, -0.2) is 15.5 Å². The van der Waals surface area contributed by atoms with E-state index in [1.807, 2.05) is 60.7 Å². The SMILES string of the molecule is N#CC1(C#N)C(=N)c2c3c(nn(-c4ccccc4)c2=N)CCCC3=C1c1ccccc1. The van der Waals surface area contributed by atoms with E-state index >= 15 is 0 Å². The van der Waals surface area contributed by atoms with Crippen LogP contribution in [0.2, 0.25) is 0 Å². The summed E-state index contributed by atoms with van der Waals surface area (Å²) >= 11 is 0. The second kappa shape index (κ2) is 6.90. The van der Waals surface area contributed by atoms with Crippen molar-refractivity contribution in [2.45, 2.75) is 19.3 Å². The third-order valence-electron chi connectivity index (χ3n) is 6.05. The van der Waals surface area contributed by atoms with Crippen molar-refractivity contribution in [1.82, 2.24) is 9.78 Å². The highest BCUT2D eigenvalue weighted by atomic mass is 15.3. The lowest BCUT2D eigenvalue weighted by atomic mass is 9.64. The number of hydrogen-bond donors (Lipinski definition) is 2. The van der Waals surface area contributed by atoms with Crippen LogP contribution < -0.4 is 5.49 Å². The van der Waals surface area contributed by atoms with Crippen LogP contribution in [0.3, 0.4) is 0 Å². The van der Waals surface area contributed by atoms with E-state index in [2.05, 4.69) is 12.1 Å². The van der Waals surface area contributed by atoms with Crippen molar-refractivity contribution in [2.75, 3.05) is 0 Å². The van der Waals surface area contributed by atoms with E-state index in [4.69, 9.17) is 15.9 Å². The predicted molar refractivity (Wildman–Crippen MR) is 116 cm³/mol. The smallest absolute Gasteiger partial charge is 0.211 e. The van der Waals surface area contributed by atoms with Crippen LogP contribution >= 0.6 is 0 Å². The van der Waals surface area contributed by atoms with Gasteiger partial charge in [-0.1, -0.05) is 48.5 Å². The molecule has 0 aliphatic heterocycles. The Morgan fingerprint density at radius 3 is 2.16 bits per heavy atom. The van der Waals surface area contributed by atoms with Gasteiger partial charge in [-0.05, 0) is 42.5 Å². The highest BCUT2D eigenvalue weighted by molar-refractivity contribution is 6.23.